The summed E-state index contributed by atoms with van der Waals surface area (Å²) in [7, 11) is 0. The average Bonchev–Trinajstić information content (AvgIpc) is 2.64. The van der Waals surface area contributed by atoms with Crippen LogP contribution in [0, 0.1) is 4.91 Å². The molecule has 0 spiro atoms. The molecule has 0 bridgehead atoms. The molecule has 0 atom stereocenters. The van der Waals surface area contributed by atoms with E-state index in [-0.39, 0.29) is 11.6 Å². The minimum Gasteiger partial charge on any atom is -0.372 e. The van der Waals surface area contributed by atoms with Gasteiger partial charge < -0.3 is 4.90 Å². The molecule has 1 N–H and O–H groups in total. The van der Waals surface area contributed by atoms with Crippen LogP contribution in [-0.4, -0.2) is 25.2 Å². The Labute approximate surface area is 141 Å². The normalized spacial score (nSPS) is 10.6. The van der Waals surface area contributed by atoms with Crippen molar-refractivity contribution in [3.63, 3.8) is 0 Å². The largest absolute Gasteiger partial charge is 0.372 e. The Bertz CT molecular complexity index is 705. The molecule has 0 saturated carbocycles. The molecule has 124 valence electrons. The molecule has 0 heterocycles. The molecule has 0 aliphatic carbocycles. The predicted molar refractivity (Wildman–Crippen MR) is 97.0 cm³/mol. The number of rotatable bonds is 7. The van der Waals surface area contributed by atoms with E-state index in [1.54, 1.807) is 6.21 Å². The highest BCUT2D eigenvalue weighted by atomic mass is 16.3. The van der Waals surface area contributed by atoms with Gasteiger partial charge in [0.05, 0.1) is 6.21 Å². The van der Waals surface area contributed by atoms with Gasteiger partial charge in [-0.25, -0.2) is 5.43 Å². The lowest BCUT2D eigenvalue weighted by Crippen LogP contribution is -2.21. The summed E-state index contributed by atoms with van der Waals surface area (Å²) >= 11 is 0. The summed E-state index contributed by atoms with van der Waals surface area (Å²) in [4.78, 5) is 24.5. The molecule has 24 heavy (non-hydrogen) atoms. The smallest absolute Gasteiger partial charge is 0.271 e. The topological polar surface area (TPSA) is 74.1 Å². The summed E-state index contributed by atoms with van der Waals surface area (Å²) in [5.74, 6) is -0.344. The van der Waals surface area contributed by atoms with Crippen LogP contribution < -0.4 is 10.3 Å². The van der Waals surface area contributed by atoms with Crippen molar-refractivity contribution in [1.29, 1.82) is 0 Å². The fraction of sp³-hybridized carbons (Fsp3) is 0.222. The third kappa shape index (κ3) is 4.49. The first-order chi connectivity index (χ1) is 11.7. The number of nitrogens with one attached hydrogen (secondary N) is 1. The number of amides is 1. The van der Waals surface area contributed by atoms with Gasteiger partial charge in [-0.05, 0) is 61.0 Å². The molecule has 6 heteroatoms. The van der Waals surface area contributed by atoms with Gasteiger partial charge in [0, 0.05) is 24.3 Å². The van der Waals surface area contributed by atoms with Crippen LogP contribution in [0.1, 0.15) is 29.8 Å². The highest BCUT2D eigenvalue weighted by Gasteiger charge is 2.04. The van der Waals surface area contributed by atoms with E-state index in [9.17, 15) is 9.70 Å². The van der Waals surface area contributed by atoms with Crippen LogP contribution in [0.5, 0.6) is 0 Å². The third-order valence-corrected chi connectivity index (χ3v) is 3.64. The van der Waals surface area contributed by atoms with E-state index < -0.39 is 0 Å². The maximum Gasteiger partial charge on any atom is 0.271 e. The van der Waals surface area contributed by atoms with Crippen molar-refractivity contribution in [1.82, 2.24) is 5.43 Å². The number of hydrazone groups is 1. The van der Waals surface area contributed by atoms with E-state index in [4.69, 9.17) is 0 Å². The summed E-state index contributed by atoms with van der Waals surface area (Å²) in [6.45, 7) is 6.15. The maximum absolute atomic E-state index is 11.9. The van der Waals surface area contributed by atoms with E-state index in [0.29, 0.717) is 5.56 Å². The van der Waals surface area contributed by atoms with Gasteiger partial charge >= 0.3 is 0 Å². The van der Waals surface area contributed by atoms with Crippen LogP contribution in [0.3, 0.4) is 0 Å². The third-order valence-electron chi connectivity index (χ3n) is 3.64. The van der Waals surface area contributed by atoms with Crippen molar-refractivity contribution in [2.24, 2.45) is 10.3 Å². The molecular weight excluding hydrogens is 304 g/mol. The first kappa shape index (κ1) is 17.3. The Kier molecular flexibility index (Phi) is 6.19. The van der Waals surface area contributed by atoms with Crippen LogP contribution >= 0.6 is 0 Å². The first-order valence-electron chi connectivity index (χ1n) is 7.79. The second kappa shape index (κ2) is 8.57. The van der Waals surface area contributed by atoms with Gasteiger partial charge in [0.1, 0.15) is 5.69 Å². The second-order valence-electron chi connectivity index (χ2n) is 5.10. The van der Waals surface area contributed by atoms with Crippen molar-refractivity contribution in [2.45, 2.75) is 13.8 Å². The summed E-state index contributed by atoms with van der Waals surface area (Å²) < 4.78 is 0. The van der Waals surface area contributed by atoms with Gasteiger partial charge in [0.15, 0.2) is 0 Å². The second-order valence-corrected chi connectivity index (χ2v) is 5.10. The first-order valence-corrected chi connectivity index (χ1v) is 7.79. The van der Waals surface area contributed by atoms with E-state index in [0.717, 1.165) is 24.3 Å². The molecule has 1 amide bonds. The summed E-state index contributed by atoms with van der Waals surface area (Å²) in [5.41, 5.74) is 5.20. The molecule has 0 fully saturated rings. The number of nitroso groups, excluding NO2 is 1. The Morgan fingerprint density at radius 3 is 2.21 bits per heavy atom. The quantitative estimate of drug-likeness (QED) is 0.479. The molecule has 0 aliphatic heterocycles. The zero-order chi connectivity index (χ0) is 17.4. The van der Waals surface area contributed by atoms with Gasteiger partial charge in [-0.3, -0.25) is 4.79 Å². The lowest BCUT2D eigenvalue weighted by molar-refractivity contribution is 0.0955. The van der Waals surface area contributed by atoms with Crippen molar-refractivity contribution >= 4 is 23.5 Å². The van der Waals surface area contributed by atoms with E-state index in [2.05, 4.69) is 34.5 Å². The van der Waals surface area contributed by atoms with E-state index >= 15 is 0 Å². The number of carbonyl (C=O) groups excluding carboxylic acids is 1. The summed E-state index contributed by atoms with van der Waals surface area (Å²) in [6, 6.07) is 14.0. The van der Waals surface area contributed by atoms with Crippen LogP contribution in [0.15, 0.2) is 58.8 Å². The van der Waals surface area contributed by atoms with Crippen LogP contribution in [0.4, 0.5) is 11.4 Å². The van der Waals surface area contributed by atoms with Gasteiger partial charge in [-0.15, -0.1) is 4.91 Å². The average molecular weight is 324 g/mol. The molecule has 0 saturated heterocycles. The van der Waals surface area contributed by atoms with Crippen LogP contribution in [0.2, 0.25) is 0 Å². The Balaban J connectivity index is 1.95. The Morgan fingerprint density at radius 1 is 1.04 bits per heavy atom. The lowest BCUT2D eigenvalue weighted by atomic mass is 10.2. The van der Waals surface area contributed by atoms with Crippen LogP contribution in [-0.2, 0) is 0 Å². The molecule has 2 rings (SSSR count). The van der Waals surface area contributed by atoms with Crippen molar-refractivity contribution in [2.75, 3.05) is 18.0 Å². The highest BCUT2D eigenvalue weighted by molar-refractivity contribution is 5.95. The number of hydrogen-bond acceptors (Lipinski definition) is 5. The fourth-order valence-electron chi connectivity index (χ4n) is 2.26. The Hall–Kier alpha value is -3.02. The van der Waals surface area contributed by atoms with Gasteiger partial charge in [0.2, 0.25) is 0 Å². The molecule has 0 aromatic heterocycles. The molecule has 0 aliphatic rings. The molecular formula is C18H20N4O2. The summed E-state index contributed by atoms with van der Waals surface area (Å²) in [5, 5.41) is 6.74. The molecule has 0 radical (unpaired) electrons. The fourth-order valence-corrected chi connectivity index (χ4v) is 2.26. The number of hydrogen-bond donors (Lipinski definition) is 1. The minimum atomic E-state index is -0.344. The Morgan fingerprint density at radius 2 is 1.67 bits per heavy atom. The zero-order valence-electron chi connectivity index (χ0n) is 13.8. The van der Waals surface area contributed by atoms with Crippen molar-refractivity contribution in [3.8, 4) is 0 Å². The predicted octanol–water partition coefficient (Wildman–Crippen LogP) is 3.69. The van der Waals surface area contributed by atoms with E-state index in [1.165, 1.54) is 24.3 Å². The molecule has 6 nitrogen and oxygen atoms in total. The minimum absolute atomic E-state index is 0.281. The SMILES string of the molecule is CCN(CC)c1ccc(/C=N\NC(=O)c2ccc(N=O)cc2)cc1. The molecule has 0 unspecified atom stereocenters. The molecule has 2 aromatic carbocycles. The number of nitrogens with zero attached hydrogens (tertiary/aromatic N) is 3. The highest BCUT2D eigenvalue weighted by Crippen LogP contribution is 2.14. The van der Waals surface area contributed by atoms with Crippen molar-refractivity contribution < 1.29 is 4.79 Å². The number of carbonyl (C=O) groups is 1. The number of benzene rings is 2. The van der Waals surface area contributed by atoms with Gasteiger partial charge in [0.25, 0.3) is 5.91 Å². The van der Waals surface area contributed by atoms with Gasteiger partial charge in [-0.1, -0.05) is 12.1 Å². The lowest BCUT2D eigenvalue weighted by Gasteiger charge is -2.20. The summed E-state index contributed by atoms with van der Waals surface area (Å²) in [6.07, 6.45) is 1.59. The zero-order valence-corrected chi connectivity index (χ0v) is 13.8. The number of anilines is 1. The maximum atomic E-state index is 11.9. The standard InChI is InChI=1S/C18H20N4O2/c1-3-22(4-2)17-11-5-14(6-12-17)13-19-20-18(23)15-7-9-16(21-24)10-8-15/h5-13H,3-4H2,1-2H3,(H,20,23)/b19-13-. The molecule has 2 aromatic rings. The van der Waals surface area contributed by atoms with Gasteiger partial charge in [-0.2, -0.15) is 5.10 Å². The monoisotopic (exact) mass is 324 g/mol. The van der Waals surface area contributed by atoms with Crippen molar-refractivity contribution in [3.05, 3.63) is 64.6 Å². The van der Waals surface area contributed by atoms with E-state index in [1.807, 2.05) is 24.3 Å². The van der Waals surface area contributed by atoms with Crippen LogP contribution in [0.25, 0.3) is 0 Å².